The fraction of sp³-hybridized carbons (Fsp3) is 0.643. The fourth-order valence-electron chi connectivity index (χ4n) is 2.68. The molecule has 100 valence electrons. The Labute approximate surface area is 108 Å². The van der Waals surface area contributed by atoms with E-state index >= 15 is 0 Å². The second-order valence-corrected chi connectivity index (χ2v) is 5.18. The van der Waals surface area contributed by atoms with Gasteiger partial charge in [-0.25, -0.2) is 4.39 Å². The van der Waals surface area contributed by atoms with Crippen molar-refractivity contribution in [2.24, 2.45) is 0 Å². The van der Waals surface area contributed by atoms with Crippen molar-refractivity contribution in [3.8, 4) is 0 Å². The van der Waals surface area contributed by atoms with Crippen molar-refractivity contribution in [1.29, 1.82) is 0 Å². The molecule has 1 saturated heterocycles. The first-order chi connectivity index (χ1) is 8.61. The van der Waals surface area contributed by atoms with E-state index in [9.17, 15) is 4.39 Å². The van der Waals surface area contributed by atoms with Gasteiger partial charge in [-0.05, 0) is 32.4 Å². The number of aromatic nitrogens is 1. The Morgan fingerprint density at radius 2 is 2.28 bits per heavy atom. The van der Waals surface area contributed by atoms with Crippen molar-refractivity contribution < 1.29 is 4.39 Å². The minimum Gasteiger partial charge on any atom is -0.311 e. The van der Waals surface area contributed by atoms with Gasteiger partial charge in [0.15, 0.2) is 0 Å². The number of piperazine rings is 1. The molecule has 18 heavy (non-hydrogen) atoms. The first-order valence-electron chi connectivity index (χ1n) is 6.72. The summed E-state index contributed by atoms with van der Waals surface area (Å²) < 4.78 is 12.9. The van der Waals surface area contributed by atoms with Crippen molar-refractivity contribution in [2.75, 3.05) is 13.1 Å². The van der Waals surface area contributed by atoms with Crippen LogP contribution in [0.25, 0.3) is 0 Å². The van der Waals surface area contributed by atoms with Crippen LogP contribution in [0.3, 0.4) is 0 Å². The smallest absolute Gasteiger partial charge is 0.141 e. The first kappa shape index (κ1) is 13.4. The highest BCUT2D eigenvalue weighted by Crippen LogP contribution is 2.26. The topological polar surface area (TPSA) is 28.2 Å². The first-order valence-corrected chi connectivity index (χ1v) is 6.72. The molecule has 1 aromatic heterocycles. The van der Waals surface area contributed by atoms with Crippen LogP contribution in [0.5, 0.6) is 0 Å². The molecule has 1 aliphatic rings. The summed E-state index contributed by atoms with van der Waals surface area (Å²) in [5, 5.41) is 3.48. The quantitative estimate of drug-likeness (QED) is 0.894. The lowest BCUT2D eigenvalue weighted by Gasteiger charge is -2.42. The molecule has 2 rings (SSSR count). The highest BCUT2D eigenvalue weighted by molar-refractivity contribution is 5.11. The maximum Gasteiger partial charge on any atom is 0.141 e. The second-order valence-electron chi connectivity index (χ2n) is 5.18. The van der Waals surface area contributed by atoms with Gasteiger partial charge in [0.25, 0.3) is 0 Å². The van der Waals surface area contributed by atoms with Gasteiger partial charge in [0, 0.05) is 25.2 Å². The SMILES string of the molecule is CCC(c1ccc(F)cn1)N1CC(C)NCC1C. The maximum absolute atomic E-state index is 12.9. The molecule has 0 bridgehead atoms. The molecule has 0 spiro atoms. The molecule has 1 fully saturated rings. The second kappa shape index (κ2) is 5.76. The zero-order valence-corrected chi connectivity index (χ0v) is 11.4. The number of halogens is 1. The number of nitrogens with one attached hydrogen (secondary N) is 1. The van der Waals surface area contributed by atoms with E-state index < -0.39 is 0 Å². The van der Waals surface area contributed by atoms with Crippen LogP contribution in [0.1, 0.15) is 38.9 Å². The summed E-state index contributed by atoms with van der Waals surface area (Å²) in [6.07, 6.45) is 2.31. The molecule has 0 aliphatic carbocycles. The summed E-state index contributed by atoms with van der Waals surface area (Å²) in [7, 11) is 0. The van der Waals surface area contributed by atoms with Gasteiger partial charge in [-0.3, -0.25) is 9.88 Å². The minimum atomic E-state index is -0.268. The predicted octanol–water partition coefficient (Wildman–Crippen LogP) is 2.35. The van der Waals surface area contributed by atoms with E-state index in [0.29, 0.717) is 12.1 Å². The molecule has 4 heteroatoms. The molecule has 1 aliphatic heterocycles. The highest BCUT2D eigenvalue weighted by Gasteiger charge is 2.29. The number of hydrogen-bond donors (Lipinski definition) is 1. The van der Waals surface area contributed by atoms with Crippen LogP contribution in [0.4, 0.5) is 4.39 Å². The Balaban J connectivity index is 2.19. The molecule has 1 aromatic rings. The van der Waals surface area contributed by atoms with Crippen LogP contribution >= 0.6 is 0 Å². The molecule has 3 atom stereocenters. The zero-order chi connectivity index (χ0) is 13.1. The van der Waals surface area contributed by atoms with Gasteiger partial charge in [0.05, 0.1) is 17.9 Å². The van der Waals surface area contributed by atoms with Crippen LogP contribution in [0.15, 0.2) is 18.3 Å². The third-order valence-corrected chi connectivity index (χ3v) is 3.69. The lowest BCUT2D eigenvalue weighted by Crippen LogP contribution is -2.55. The fourth-order valence-corrected chi connectivity index (χ4v) is 2.68. The Bertz CT molecular complexity index is 379. The number of nitrogens with zero attached hydrogens (tertiary/aromatic N) is 2. The van der Waals surface area contributed by atoms with E-state index in [-0.39, 0.29) is 11.9 Å². The number of rotatable bonds is 3. The van der Waals surface area contributed by atoms with Crippen molar-refractivity contribution in [1.82, 2.24) is 15.2 Å². The summed E-state index contributed by atoms with van der Waals surface area (Å²) in [6, 6.07) is 4.57. The average molecular weight is 251 g/mol. The Morgan fingerprint density at radius 1 is 1.50 bits per heavy atom. The molecule has 1 N–H and O–H groups in total. The lowest BCUT2D eigenvalue weighted by atomic mass is 10.0. The lowest BCUT2D eigenvalue weighted by molar-refractivity contribution is 0.0899. The predicted molar refractivity (Wildman–Crippen MR) is 70.9 cm³/mol. The van der Waals surface area contributed by atoms with Crippen LogP contribution in [-0.2, 0) is 0 Å². The molecule has 0 radical (unpaired) electrons. The van der Waals surface area contributed by atoms with Crippen LogP contribution < -0.4 is 5.32 Å². The van der Waals surface area contributed by atoms with Gasteiger partial charge in [-0.2, -0.15) is 0 Å². The van der Waals surface area contributed by atoms with Crippen molar-refractivity contribution >= 4 is 0 Å². The summed E-state index contributed by atoms with van der Waals surface area (Å²) >= 11 is 0. The average Bonchev–Trinajstić information content (AvgIpc) is 2.37. The molecule has 0 aromatic carbocycles. The summed E-state index contributed by atoms with van der Waals surface area (Å²) in [6.45, 7) is 8.60. The zero-order valence-electron chi connectivity index (χ0n) is 11.4. The van der Waals surface area contributed by atoms with E-state index in [4.69, 9.17) is 0 Å². The molecule has 2 heterocycles. The Hall–Kier alpha value is -1.00. The number of hydrogen-bond acceptors (Lipinski definition) is 3. The standard InChI is InChI=1S/C14H22FN3/c1-4-14(13-6-5-12(15)8-17-13)18-9-10(2)16-7-11(18)3/h5-6,8,10-11,14,16H,4,7,9H2,1-3H3. The summed E-state index contributed by atoms with van der Waals surface area (Å²) in [5.74, 6) is -0.268. The molecular formula is C14H22FN3. The van der Waals surface area contributed by atoms with Crippen LogP contribution in [-0.4, -0.2) is 35.1 Å². The maximum atomic E-state index is 12.9. The van der Waals surface area contributed by atoms with E-state index in [1.807, 2.05) is 6.07 Å². The number of pyridine rings is 1. The van der Waals surface area contributed by atoms with Gasteiger partial charge in [0.1, 0.15) is 5.82 Å². The van der Waals surface area contributed by atoms with Gasteiger partial charge >= 0.3 is 0 Å². The highest BCUT2D eigenvalue weighted by atomic mass is 19.1. The monoisotopic (exact) mass is 251 g/mol. The molecule has 3 unspecified atom stereocenters. The van der Waals surface area contributed by atoms with Gasteiger partial charge in [-0.15, -0.1) is 0 Å². The molecular weight excluding hydrogens is 229 g/mol. The van der Waals surface area contributed by atoms with Crippen molar-refractivity contribution in [2.45, 2.75) is 45.3 Å². The van der Waals surface area contributed by atoms with Gasteiger partial charge in [-0.1, -0.05) is 6.92 Å². The van der Waals surface area contributed by atoms with Gasteiger partial charge < -0.3 is 5.32 Å². The van der Waals surface area contributed by atoms with E-state index in [1.165, 1.54) is 12.3 Å². The van der Waals surface area contributed by atoms with Crippen molar-refractivity contribution in [3.05, 3.63) is 29.8 Å². The van der Waals surface area contributed by atoms with E-state index in [2.05, 4.69) is 36.0 Å². The summed E-state index contributed by atoms with van der Waals surface area (Å²) in [5.41, 5.74) is 0.972. The van der Waals surface area contributed by atoms with Crippen molar-refractivity contribution in [3.63, 3.8) is 0 Å². The van der Waals surface area contributed by atoms with E-state index in [0.717, 1.165) is 25.2 Å². The third kappa shape index (κ3) is 2.87. The van der Waals surface area contributed by atoms with Crippen LogP contribution in [0.2, 0.25) is 0 Å². The van der Waals surface area contributed by atoms with E-state index in [1.54, 1.807) is 0 Å². The molecule has 0 amide bonds. The largest absolute Gasteiger partial charge is 0.311 e. The molecule has 0 saturated carbocycles. The normalized spacial score (nSPS) is 27.1. The summed E-state index contributed by atoms with van der Waals surface area (Å²) in [4.78, 5) is 6.72. The molecule has 3 nitrogen and oxygen atoms in total. The minimum absolute atomic E-state index is 0.268. The third-order valence-electron chi connectivity index (χ3n) is 3.69. The Morgan fingerprint density at radius 3 is 2.89 bits per heavy atom. The van der Waals surface area contributed by atoms with Crippen LogP contribution in [0, 0.1) is 5.82 Å². The van der Waals surface area contributed by atoms with Gasteiger partial charge in [0.2, 0.25) is 0 Å². The Kier molecular flexibility index (Phi) is 4.30.